The second-order valence-electron chi connectivity index (χ2n) is 8.65. The van der Waals surface area contributed by atoms with Gasteiger partial charge in [0.2, 0.25) is 11.8 Å². The molecule has 1 fully saturated rings. The van der Waals surface area contributed by atoms with Crippen LogP contribution in [0.4, 0.5) is 4.39 Å². The lowest BCUT2D eigenvalue weighted by Crippen LogP contribution is -2.36. The molecule has 7 nitrogen and oxygen atoms in total. The number of nitrogens with zero attached hydrogens (tertiary/aromatic N) is 2. The molecule has 2 amide bonds. The molecular weight excluding hydrogens is 499 g/mol. The van der Waals surface area contributed by atoms with E-state index in [0.29, 0.717) is 23.7 Å². The van der Waals surface area contributed by atoms with Gasteiger partial charge in [-0.1, -0.05) is 57.5 Å². The molecule has 0 spiro atoms. The highest BCUT2D eigenvalue weighted by molar-refractivity contribution is 6.30. The number of carboxylic acid groups (broad SMARTS) is 1. The molecule has 2 unspecified atom stereocenters. The SMILES string of the molecule is CC.CCCN(Cc1ccc(OCCN2C(=O)CCC2=O)c(F)c1)C(c1ccc(Cl)cc1)C(C)C(=O)O. The van der Waals surface area contributed by atoms with Gasteiger partial charge in [0.25, 0.3) is 0 Å². The molecular formula is C28H36ClFN2O5. The largest absolute Gasteiger partial charge is 0.489 e. The summed E-state index contributed by atoms with van der Waals surface area (Å²) in [6, 6.07) is 11.3. The lowest BCUT2D eigenvalue weighted by molar-refractivity contribution is -0.144. The molecule has 0 bridgehead atoms. The molecule has 1 saturated heterocycles. The predicted molar refractivity (Wildman–Crippen MR) is 141 cm³/mol. The molecule has 9 heteroatoms. The monoisotopic (exact) mass is 534 g/mol. The van der Waals surface area contributed by atoms with E-state index in [1.807, 2.05) is 37.8 Å². The summed E-state index contributed by atoms with van der Waals surface area (Å²) in [5.41, 5.74) is 1.49. The normalized spacial score (nSPS) is 14.8. The fraction of sp³-hybridized carbons (Fsp3) is 0.464. The summed E-state index contributed by atoms with van der Waals surface area (Å²) in [6.07, 6.45) is 1.19. The summed E-state index contributed by atoms with van der Waals surface area (Å²) in [6.45, 7) is 8.71. The van der Waals surface area contributed by atoms with Gasteiger partial charge in [0.15, 0.2) is 11.6 Å². The van der Waals surface area contributed by atoms with Gasteiger partial charge in [0, 0.05) is 30.5 Å². The number of halogens is 2. The van der Waals surface area contributed by atoms with Gasteiger partial charge < -0.3 is 9.84 Å². The Morgan fingerprint density at radius 3 is 2.30 bits per heavy atom. The number of ether oxygens (including phenoxy) is 1. The minimum Gasteiger partial charge on any atom is -0.489 e. The lowest BCUT2D eigenvalue weighted by atomic mass is 9.92. The van der Waals surface area contributed by atoms with Crippen LogP contribution in [0.2, 0.25) is 5.02 Å². The van der Waals surface area contributed by atoms with Crippen LogP contribution in [-0.2, 0) is 20.9 Å². The Kier molecular flexibility index (Phi) is 12.0. The Morgan fingerprint density at radius 2 is 1.76 bits per heavy atom. The third-order valence-corrected chi connectivity index (χ3v) is 6.34. The van der Waals surface area contributed by atoms with Crippen LogP contribution in [-0.4, -0.2) is 52.4 Å². The van der Waals surface area contributed by atoms with Gasteiger partial charge in [-0.05, 0) is 48.4 Å². The van der Waals surface area contributed by atoms with E-state index < -0.39 is 23.7 Å². The maximum atomic E-state index is 14.8. The Labute approximate surface area is 223 Å². The topological polar surface area (TPSA) is 87.2 Å². The number of benzene rings is 2. The molecule has 202 valence electrons. The number of imide groups is 1. The van der Waals surface area contributed by atoms with Crippen LogP contribution in [0.1, 0.15) is 64.1 Å². The van der Waals surface area contributed by atoms with Crippen molar-refractivity contribution in [1.82, 2.24) is 9.80 Å². The second kappa shape index (κ2) is 14.7. The van der Waals surface area contributed by atoms with Crippen molar-refractivity contribution in [1.29, 1.82) is 0 Å². The first-order valence-corrected chi connectivity index (χ1v) is 13.1. The van der Waals surface area contributed by atoms with Crippen LogP contribution in [0.3, 0.4) is 0 Å². The van der Waals surface area contributed by atoms with E-state index in [1.54, 1.807) is 25.1 Å². The summed E-state index contributed by atoms with van der Waals surface area (Å²) in [7, 11) is 0. The first-order chi connectivity index (χ1) is 17.7. The van der Waals surface area contributed by atoms with Gasteiger partial charge in [-0.3, -0.25) is 24.2 Å². The molecule has 37 heavy (non-hydrogen) atoms. The van der Waals surface area contributed by atoms with Crippen LogP contribution in [0.25, 0.3) is 0 Å². The molecule has 0 aromatic heterocycles. The van der Waals surface area contributed by atoms with Crippen molar-refractivity contribution in [2.24, 2.45) is 5.92 Å². The fourth-order valence-corrected chi connectivity index (χ4v) is 4.45. The number of rotatable bonds is 12. The Hall–Kier alpha value is -2.97. The summed E-state index contributed by atoms with van der Waals surface area (Å²) in [5, 5.41) is 10.3. The summed E-state index contributed by atoms with van der Waals surface area (Å²) in [5.74, 6) is -2.63. The van der Waals surface area contributed by atoms with Crippen molar-refractivity contribution in [3.63, 3.8) is 0 Å². The molecule has 2 aromatic rings. The summed E-state index contributed by atoms with van der Waals surface area (Å²) >= 11 is 6.03. The second-order valence-corrected chi connectivity index (χ2v) is 9.08. The van der Waals surface area contributed by atoms with Gasteiger partial charge in [-0.2, -0.15) is 0 Å². The zero-order valence-electron chi connectivity index (χ0n) is 21.9. The number of carboxylic acids is 1. The van der Waals surface area contributed by atoms with Gasteiger partial charge >= 0.3 is 5.97 Å². The molecule has 1 heterocycles. The molecule has 1 N–H and O–H groups in total. The first-order valence-electron chi connectivity index (χ1n) is 12.7. The van der Waals surface area contributed by atoms with E-state index in [1.165, 1.54) is 12.1 Å². The van der Waals surface area contributed by atoms with Crippen LogP contribution >= 0.6 is 11.6 Å². The minimum atomic E-state index is -0.920. The highest BCUT2D eigenvalue weighted by Gasteiger charge is 2.31. The van der Waals surface area contributed by atoms with Gasteiger partial charge in [0.1, 0.15) is 6.61 Å². The highest BCUT2D eigenvalue weighted by atomic mass is 35.5. The van der Waals surface area contributed by atoms with E-state index in [-0.39, 0.29) is 43.6 Å². The number of hydrogen-bond acceptors (Lipinski definition) is 5. The van der Waals surface area contributed by atoms with Crippen molar-refractivity contribution < 1.29 is 28.6 Å². The van der Waals surface area contributed by atoms with Crippen molar-refractivity contribution in [2.75, 3.05) is 19.7 Å². The summed E-state index contributed by atoms with van der Waals surface area (Å²) < 4.78 is 20.3. The molecule has 0 aliphatic carbocycles. The van der Waals surface area contributed by atoms with E-state index in [4.69, 9.17) is 16.3 Å². The van der Waals surface area contributed by atoms with Gasteiger partial charge in [-0.15, -0.1) is 0 Å². The third-order valence-electron chi connectivity index (χ3n) is 6.09. The standard InChI is InChI=1S/C26H30ClFN2O5.C2H6/c1-3-12-29(25(17(2)26(33)34)19-5-7-20(27)8-6-19)16-18-4-9-22(21(28)15-18)35-14-13-30-23(31)10-11-24(30)32;1-2/h4-9,15,17,25H,3,10-14,16H2,1-2H3,(H,33,34);1-2H3. The smallest absolute Gasteiger partial charge is 0.308 e. The Balaban J connectivity index is 0.00000235. The van der Waals surface area contributed by atoms with Crippen LogP contribution in [0.5, 0.6) is 5.75 Å². The molecule has 1 aliphatic rings. The molecule has 1 aliphatic heterocycles. The number of amides is 2. The van der Waals surface area contributed by atoms with E-state index in [9.17, 15) is 23.9 Å². The summed E-state index contributed by atoms with van der Waals surface area (Å²) in [4.78, 5) is 38.4. The van der Waals surface area contributed by atoms with Gasteiger partial charge in [-0.25, -0.2) is 4.39 Å². The number of likely N-dealkylation sites (tertiary alicyclic amines) is 1. The zero-order valence-corrected chi connectivity index (χ0v) is 22.6. The van der Waals surface area contributed by atoms with Crippen LogP contribution < -0.4 is 4.74 Å². The minimum absolute atomic E-state index is 0.00444. The average Bonchev–Trinajstić information content (AvgIpc) is 3.20. The Bertz CT molecular complexity index is 1050. The Morgan fingerprint density at radius 1 is 1.14 bits per heavy atom. The molecule has 3 rings (SSSR count). The number of carbonyl (C=O) groups excluding carboxylic acids is 2. The predicted octanol–water partition coefficient (Wildman–Crippen LogP) is 5.71. The molecule has 0 saturated carbocycles. The maximum absolute atomic E-state index is 14.8. The van der Waals surface area contributed by atoms with Crippen molar-refractivity contribution in [3.8, 4) is 5.75 Å². The number of aliphatic carboxylic acids is 1. The van der Waals surface area contributed by atoms with E-state index >= 15 is 0 Å². The highest BCUT2D eigenvalue weighted by Crippen LogP contribution is 2.32. The maximum Gasteiger partial charge on any atom is 0.308 e. The van der Waals surface area contributed by atoms with Crippen molar-refractivity contribution in [3.05, 3.63) is 64.4 Å². The third kappa shape index (κ3) is 8.27. The molecule has 0 radical (unpaired) electrons. The number of hydrogen-bond donors (Lipinski definition) is 1. The lowest BCUT2D eigenvalue weighted by Gasteiger charge is -2.34. The molecule has 2 atom stereocenters. The fourth-order valence-electron chi connectivity index (χ4n) is 4.33. The average molecular weight is 535 g/mol. The van der Waals surface area contributed by atoms with Crippen molar-refractivity contribution in [2.45, 2.75) is 59.5 Å². The van der Waals surface area contributed by atoms with E-state index in [0.717, 1.165) is 16.9 Å². The zero-order chi connectivity index (χ0) is 27.5. The molecule has 2 aromatic carbocycles. The van der Waals surface area contributed by atoms with E-state index in [2.05, 4.69) is 0 Å². The van der Waals surface area contributed by atoms with Gasteiger partial charge in [0.05, 0.1) is 12.5 Å². The van der Waals surface area contributed by atoms with Crippen LogP contribution in [0, 0.1) is 11.7 Å². The first kappa shape index (κ1) is 30.3. The van der Waals surface area contributed by atoms with Crippen molar-refractivity contribution >= 4 is 29.4 Å². The quantitative estimate of drug-likeness (QED) is 0.351. The van der Waals surface area contributed by atoms with Crippen LogP contribution in [0.15, 0.2) is 42.5 Å². The number of carbonyl (C=O) groups is 3.